The predicted octanol–water partition coefficient (Wildman–Crippen LogP) is 1.57. The summed E-state index contributed by atoms with van der Waals surface area (Å²) in [5.74, 6) is 0.212. The number of rotatable bonds is 1. The Bertz CT molecular complexity index is 436. The topological polar surface area (TPSA) is 32.3 Å². The minimum atomic E-state index is 0.212. The summed E-state index contributed by atoms with van der Waals surface area (Å²) in [5, 5.41) is 3.35. The van der Waals surface area contributed by atoms with Crippen molar-refractivity contribution >= 4 is 5.91 Å². The van der Waals surface area contributed by atoms with Crippen LogP contribution in [0.15, 0.2) is 18.2 Å². The first kappa shape index (κ1) is 10.8. The third-order valence-electron chi connectivity index (χ3n) is 3.73. The summed E-state index contributed by atoms with van der Waals surface area (Å²) in [6, 6.07) is 6.17. The van der Waals surface area contributed by atoms with Crippen LogP contribution in [0.5, 0.6) is 0 Å². The molecule has 1 fully saturated rings. The number of likely N-dealkylation sites (tertiary alicyclic amines) is 1. The standard InChI is InChI=1S/C14H18N2O/c17-14(16-7-1-2-8-16)12-3-4-13-10-15-6-5-11(13)9-12/h3-4,9,15H,1-2,5-8,10H2. The number of hydrogen-bond donors (Lipinski definition) is 1. The van der Waals surface area contributed by atoms with E-state index in [2.05, 4.69) is 17.4 Å². The maximum Gasteiger partial charge on any atom is 0.253 e. The summed E-state index contributed by atoms with van der Waals surface area (Å²) < 4.78 is 0. The highest BCUT2D eigenvalue weighted by Crippen LogP contribution is 2.18. The van der Waals surface area contributed by atoms with E-state index in [1.807, 2.05) is 11.0 Å². The highest BCUT2D eigenvalue weighted by molar-refractivity contribution is 5.94. The second-order valence-corrected chi connectivity index (χ2v) is 4.91. The molecule has 0 aliphatic carbocycles. The number of nitrogens with zero attached hydrogens (tertiary/aromatic N) is 1. The number of amides is 1. The van der Waals surface area contributed by atoms with Crippen LogP contribution in [-0.4, -0.2) is 30.4 Å². The summed E-state index contributed by atoms with van der Waals surface area (Å²) in [5.41, 5.74) is 3.55. The molecule has 0 saturated carbocycles. The van der Waals surface area contributed by atoms with Crippen molar-refractivity contribution in [3.05, 3.63) is 34.9 Å². The smallest absolute Gasteiger partial charge is 0.253 e. The molecule has 1 aromatic carbocycles. The van der Waals surface area contributed by atoms with Gasteiger partial charge in [-0.2, -0.15) is 0 Å². The Morgan fingerprint density at radius 3 is 2.82 bits per heavy atom. The fourth-order valence-corrected chi connectivity index (χ4v) is 2.71. The molecule has 90 valence electrons. The van der Waals surface area contributed by atoms with E-state index < -0.39 is 0 Å². The molecule has 1 saturated heterocycles. The Labute approximate surface area is 102 Å². The van der Waals surface area contributed by atoms with Crippen LogP contribution in [0.1, 0.15) is 34.3 Å². The first-order chi connectivity index (χ1) is 8.34. The number of carbonyl (C=O) groups is 1. The molecule has 3 heteroatoms. The molecule has 0 spiro atoms. The summed E-state index contributed by atoms with van der Waals surface area (Å²) in [4.78, 5) is 14.2. The third kappa shape index (κ3) is 2.07. The molecule has 2 heterocycles. The lowest BCUT2D eigenvalue weighted by molar-refractivity contribution is 0.0792. The van der Waals surface area contributed by atoms with Gasteiger partial charge in [-0.15, -0.1) is 0 Å². The Balaban J connectivity index is 1.85. The summed E-state index contributed by atoms with van der Waals surface area (Å²) in [6.07, 6.45) is 3.34. The molecule has 0 aromatic heterocycles. The number of hydrogen-bond acceptors (Lipinski definition) is 2. The Kier molecular flexibility index (Phi) is 2.85. The Morgan fingerprint density at radius 2 is 2.00 bits per heavy atom. The van der Waals surface area contributed by atoms with E-state index in [1.165, 1.54) is 11.1 Å². The average molecular weight is 230 g/mol. The first-order valence-corrected chi connectivity index (χ1v) is 6.46. The third-order valence-corrected chi connectivity index (χ3v) is 3.73. The van der Waals surface area contributed by atoms with Crippen molar-refractivity contribution in [2.45, 2.75) is 25.8 Å². The monoisotopic (exact) mass is 230 g/mol. The van der Waals surface area contributed by atoms with Crippen LogP contribution in [0, 0.1) is 0 Å². The van der Waals surface area contributed by atoms with Gasteiger partial charge >= 0.3 is 0 Å². The lowest BCUT2D eigenvalue weighted by Crippen LogP contribution is -2.28. The van der Waals surface area contributed by atoms with Gasteiger partial charge in [0.05, 0.1) is 0 Å². The summed E-state index contributed by atoms with van der Waals surface area (Å²) >= 11 is 0. The SMILES string of the molecule is O=C(c1ccc2c(c1)CCNC2)N1CCCC1. The fourth-order valence-electron chi connectivity index (χ4n) is 2.71. The van der Waals surface area contributed by atoms with E-state index >= 15 is 0 Å². The van der Waals surface area contributed by atoms with E-state index in [4.69, 9.17) is 0 Å². The van der Waals surface area contributed by atoms with Crippen LogP contribution >= 0.6 is 0 Å². The van der Waals surface area contributed by atoms with Crippen molar-refractivity contribution in [3.63, 3.8) is 0 Å². The van der Waals surface area contributed by atoms with Gasteiger partial charge in [0, 0.05) is 25.2 Å². The van der Waals surface area contributed by atoms with Crippen LogP contribution in [0.3, 0.4) is 0 Å². The van der Waals surface area contributed by atoms with Crippen LogP contribution in [0.2, 0.25) is 0 Å². The van der Waals surface area contributed by atoms with E-state index in [9.17, 15) is 4.79 Å². The maximum atomic E-state index is 12.2. The van der Waals surface area contributed by atoms with Gasteiger partial charge in [0.1, 0.15) is 0 Å². The van der Waals surface area contributed by atoms with Gasteiger partial charge < -0.3 is 10.2 Å². The van der Waals surface area contributed by atoms with Crippen LogP contribution in [0.4, 0.5) is 0 Å². The molecular weight excluding hydrogens is 212 g/mol. The Morgan fingerprint density at radius 1 is 1.18 bits per heavy atom. The van der Waals surface area contributed by atoms with Gasteiger partial charge in [0.2, 0.25) is 0 Å². The zero-order chi connectivity index (χ0) is 11.7. The lowest BCUT2D eigenvalue weighted by Gasteiger charge is -2.20. The molecule has 2 aliphatic heterocycles. The molecule has 0 radical (unpaired) electrons. The molecule has 0 atom stereocenters. The number of benzene rings is 1. The normalized spacial score (nSPS) is 19.2. The van der Waals surface area contributed by atoms with Crippen molar-refractivity contribution in [2.24, 2.45) is 0 Å². The lowest BCUT2D eigenvalue weighted by atomic mass is 9.98. The molecule has 0 unspecified atom stereocenters. The molecule has 3 nitrogen and oxygen atoms in total. The molecule has 1 aromatic rings. The minimum Gasteiger partial charge on any atom is -0.339 e. The highest BCUT2D eigenvalue weighted by atomic mass is 16.2. The second kappa shape index (κ2) is 4.49. The van der Waals surface area contributed by atoms with E-state index in [0.717, 1.165) is 51.0 Å². The zero-order valence-corrected chi connectivity index (χ0v) is 10.0. The number of carbonyl (C=O) groups excluding carboxylic acids is 1. The molecule has 1 N–H and O–H groups in total. The highest BCUT2D eigenvalue weighted by Gasteiger charge is 2.20. The largest absolute Gasteiger partial charge is 0.339 e. The molecule has 3 rings (SSSR count). The van der Waals surface area contributed by atoms with Crippen molar-refractivity contribution in [1.82, 2.24) is 10.2 Å². The van der Waals surface area contributed by atoms with Crippen LogP contribution < -0.4 is 5.32 Å². The fraction of sp³-hybridized carbons (Fsp3) is 0.500. The van der Waals surface area contributed by atoms with Gasteiger partial charge in [-0.1, -0.05) is 6.07 Å². The van der Waals surface area contributed by atoms with Gasteiger partial charge in [-0.05, 0) is 49.1 Å². The van der Waals surface area contributed by atoms with E-state index in [1.54, 1.807) is 0 Å². The molecular formula is C14H18N2O. The molecule has 17 heavy (non-hydrogen) atoms. The van der Waals surface area contributed by atoms with Crippen molar-refractivity contribution < 1.29 is 4.79 Å². The predicted molar refractivity (Wildman–Crippen MR) is 67.0 cm³/mol. The van der Waals surface area contributed by atoms with Gasteiger partial charge in [-0.3, -0.25) is 4.79 Å². The summed E-state index contributed by atoms with van der Waals surface area (Å²) in [7, 11) is 0. The number of fused-ring (bicyclic) bond motifs is 1. The van der Waals surface area contributed by atoms with Gasteiger partial charge in [-0.25, -0.2) is 0 Å². The van der Waals surface area contributed by atoms with Crippen molar-refractivity contribution in [1.29, 1.82) is 0 Å². The Hall–Kier alpha value is -1.35. The zero-order valence-electron chi connectivity index (χ0n) is 10.0. The maximum absolute atomic E-state index is 12.2. The quantitative estimate of drug-likeness (QED) is 0.794. The molecule has 1 amide bonds. The van der Waals surface area contributed by atoms with Gasteiger partial charge in [0.25, 0.3) is 5.91 Å². The van der Waals surface area contributed by atoms with Gasteiger partial charge in [0.15, 0.2) is 0 Å². The first-order valence-electron chi connectivity index (χ1n) is 6.46. The van der Waals surface area contributed by atoms with Crippen LogP contribution in [-0.2, 0) is 13.0 Å². The average Bonchev–Trinajstić information content (AvgIpc) is 2.91. The van der Waals surface area contributed by atoms with E-state index in [0.29, 0.717) is 0 Å². The minimum absolute atomic E-state index is 0.212. The van der Waals surface area contributed by atoms with Crippen LogP contribution in [0.25, 0.3) is 0 Å². The molecule has 0 bridgehead atoms. The van der Waals surface area contributed by atoms with E-state index in [-0.39, 0.29) is 5.91 Å². The second-order valence-electron chi connectivity index (χ2n) is 4.91. The van der Waals surface area contributed by atoms with Crippen molar-refractivity contribution in [2.75, 3.05) is 19.6 Å². The molecule has 2 aliphatic rings. The van der Waals surface area contributed by atoms with Crippen molar-refractivity contribution in [3.8, 4) is 0 Å². The summed E-state index contributed by atoms with van der Waals surface area (Å²) in [6.45, 7) is 3.82. The number of nitrogens with one attached hydrogen (secondary N) is 1.